The monoisotopic (exact) mass is 276 g/mol. The Balaban J connectivity index is 3.05. The smallest absolute Gasteiger partial charge is 0.139 e. The van der Waals surface area contributed by atoms with Gasteiger partial charge in [0, 0.05) is 6.07 Å². The highest BCUT2D eigenvalue weighted by Gasteiger charge is 2.15. The standard InChI is InChI=1S/C17H24O3/c1-16(2,3)19-11-10-13-8-9-14(18-7)12-15(13)20-17(4,5)6/h8-9,12H,1-7H3. The quantitative estimate of drug-likeness (QED) is 0.764. The zero-order chi connectivity index (χ0) is 15.4. The van der Waals surface area contributed by atoms with Crippen LogP contribution in [0, 0.1) is 12.0 Å². The van der Waals surface area contributed by atoms with Gasteiger partial charge in [-0.2, -0.15) is 0 Å². The summed E-state index contributed by atoms with van der Waals surface area (Å²) in [6.45, 7) is 11.9. The highest BCUT2D eigenvalue weighted by atomic mass is 16.5. The van der Waals surface area contributed by atoms with E-state index in [1.165, 1.54) is 0 Å². The number of methoxy groups -OCH3 is 1. The Hall–Kier alpha value is -1.82. The lowest BCUT2D eigenvalue weighted by atomic mass is 10.1. The lowest BCUT2D eigenvalue weighted by Gasteiger charge is -2.22. The summed E-state index contributed by atoms with van der Waals surface area (Å²) in [5.41, 5.74) is 0.197. The van der Waals surface area contributed by atoms with E-state index in [-0.39, 0.29) is 11.2 Å². The summed E-state index contributed by atoms with van der Waals surface area (Å²) in [4.78, 5) is 0. The van der Waals surface area contributed by atoms with Gasteiger partial charge >= 0.3 is 0 Å². The van der Waals surface area contributed by atoms with Crippen LogP contribution < -0.4 is 9.47 Å². The predicted octanol–water partition coefficient (Wildman–Crippen LogP) is 4.00. The fourth-order valence-electron chi connectivity index (χ4n) is 1.38. The van der Waals surface area contributed by atoms with Crippen molar-refractivity contribution in [3.05, 3.63) is 23.8 Å². The summed E-state index contributed by atoms with van der Waals surface area (Å²) in [7, 11) is 1.63. The lowest BCUT2D eigenvalue weighted by Crippen LogP contribution is -2.23. The van der Waals surface area contributed by atoms with Gasteiger partial charge in [0.05, 0.1) is 12.7 Å². The van der Waals surface area contributed by atoms with E-state index in [2.05, 4.69) is 12.0 Å². The first-order valence-corrected chi connectivity index (χ1v) is 6.67. The first kappa shape index (κ1) is 16.2. The molecule has 0 aliphatic heterocycles. The normalized spacial score (nSPS) is 11.3. The zero-order valence-corrected chi connectivity index (χ0v) is 13.5. The summed E-state index contributed by atoms with van der Waals surface area (Å²) in [6, 6.07) is 5.57. The second-order valence-corrected chi connectivity index (χ2v) is 6.52. The van der Waals surface area contributed by atoms with Crippen LogP contribution in [0.25, 0.3) is 0 Å². The molecule has 0 aliphatic carbocycles. The van der Waals surface area contributed by atoms with Crippen molar-refractivity contribution >= 4 is 0 Å². The second kappa shape index (κ2) is 6.09. The maximum atomic E-state index is 5.92. The molecule has 0 aromatic heterocycles. The summed E-state index contributed by atoms with van der Waals surface area (Å²) >= 11 is 0. The van der Waals surface area contributed by atoms with E-state index in [0.29, 0.717) is 5.75 Å². The molecule has 110 valence electrons. The Kier molecular flexibility index (Phi) is 4.94. The van der Waals surface area contributed by atoms with E-state index >= 15 is 0 Å². The van der Waals surface area contributed by atoms with Crippen molar-refractivity contribution in [2.75, 3.05) is 7.11 Å². The molecule has 0 radical (unpaired) electrons. The van der Waals surface area contributed by atoms with E-state index in [1.807, 2.05) is 59.7 Å². The molecular formula is C17H24O3. The molecule has 0 amide bonds. The van der Waals surface area contributed by atoms with E-state index in [0.717, 1.165) is 11.3 Å². The maximum Gasteiger partial charge on any atom is 0.139 e. The van der Waals surface area contributed by atoms with Gasteiger partial charge < -0.3 is 14.2 Å². The Morgan fingerprint density at radius 1 is 0.950 bits per heavy atom. The number of rotatable bonds is 2. The maximum absolute atomic E-state index is 5.92. The molecule has 0 aliphatic rings. The molecule has 0 unspecified atom stereocenters. The molecule has 0 saturated carbocycles. The Morgan fingerprint density at radius 2 is 1.60 bits per heavy atom. The van der Waals surface area contributed by atoms with Gasteiger partial charge in [-0.15, -0.1) is 0 Å². The Morgan fingerprint density at radius 3 is 2.10 bits per heavy atom. The molecule has 3 heteroatoms. The van der Waals surface area contributed by atoms with Crippen LogP contribution in [-0.4, -0.2) is 18.3 Å². The average Bonchev–Trinajstić information content (AvgIpc) is 2.27. The predicted molar refractivity (Wildman–Crippen MR) is 81.1 cm³/mol. The second-order valence-electron chi connectivity index (χ2n) is 6.52. The minimum Gasteiger partial charge on any atom is -0.497 e. The van der Waals surface area contributed by atoms with Gasteiger partial charge in [0.15, 0.2) is 0 Å². The molecule has 0 N–H and O–H groups in total. The van der Waals surface area contributed by atoms with Gasteiger partial charge in [0.25, 0.3) is 0 Å². The molecule has 0 fully saturated rings. The highest BCUT2D eigenvalue weighted by molar-refractivity contribution is 5.49. The van der Waals surface area contributed by atoms with Crippen LogP contribution in [0.1, 0.15) is 47.1 Å². The van der Waals surface area contributed by atoms with Crippen molar-refractivity contribution in [2.45, 2.75) is 52.7 Å². The van der Waals surface area contributed by atoms with Crippen molar-refractivity contribution in [1.29, 1.82) is 0 Å². The van der Waals surface area contributed by atoms with Crippen molar-refractivity contribution < 1.29 is 14.2 Å². The van der Waals surface area contributed by atoms with Crippen LogP contribution in [0.2, 0.25) is 0 Å². The van der Waals surface area contributed by atoms with Crippen LogP contribution in [0.15, 0.2) is 18.2 Å². The van der Waals surface area contributed by atoms with Crippen LogP contribution in [0.3, 0.4) is 0 Å². The van der Waals surface area contributed by atoms with E-state index in [4.69, 9.17) is 14.2 Å². The van der Waals surface area contributed by atoms with E-state index in [1.54, 1.807) is 7.11 Å². The first-order valence-electron chi connectivity index (χ1n) is 6.67. The van der Waals surface area contributed by atoms with Gasteiger partial charge in [0.1, 0.15) is 28.8 Å². The Bertz CT molecular complexity index is 508. The molecule has 0 atom stereocenters. The first-order chi connectivity index (χ1) is 9.11. The van der Waals surface area contributed by atoms with Crippen molar-refractivity contribution in [3.8, 4) is 23.5 Å². The van der Waals surface area contributed by atoms with Gasteiger partial charge in [0.2, 0.25) is 0 Å². The minimum absolute atomic E-state index is 0.287. The topological polar surface area (TPSA) is 27.7 Å². The van der Waals surface area contributed by atoms with Crippen molar-refractivity contribution in [3.63, 3.8) is 0 Å². The van der Waals surface area contributed by atoms with Crippen molar-refractivity contribution in [2.24, 2.45) is 0 Å². The SMILES string of the molecule is COc1ccc(C#COC(C)(C)C)c(OC(C)(C)C)c1. The third kappa shape index (κ3) is 5.88. The highest BCUT2D eigenvalue weighted by Crippen LogP contribution is 2.27. The summed E-state index contributed by atoms with van der Waals surface area (Å²) < 4.78 is 16.6. The van der Waals surface area contributed by atoms with E-state index in [9.17, 15) is 0 Å². The lowest BCUT2D eigenvalue weighted by molar-refractivity contribution is 0.0962. The van der Waals surface area contributed by atoms with Crippen LogP contribution >= 0.6 is 0 Å². The molecule has 0 bridgehead atoms. The molecular weight excluding hydrogens is 252 g/mol. The largest absolute Gasteiger partial charge is 0.497 e. The minimum atomic E-state index is -0.298. The van der Waals surface area contributed by atoms with Crippen LogP contribution in [-0.2, 0) is 4.74 Å². The Labute approximate surface area is 122 Å². The number of ether oxygens (including phenoxy) is 3. The fraction of sp³-hybridized carbons (Fsp3) is 0.529. The van der Waals surface area contributed by atoms with Crippen molar-refractivity contribution in [1.82, 2.24) is 0 Å². The van der Waals surface area contributed by atoms with Gasteiger partial charge in [-0.3, -0.25) is 0 Å². The van der Waals surface area contributed by atoms with Gasteiger partial charge in [-0.25, -0.2) is 0 Å². The zero-order valence-electron chi connectivity index (χ0n) is 13.5. The molecule has 20 heavy (non-hydrogen) atoms. The number of hydrogen-bond acceptors (Lipinski definition) is 3. The van der Waals surface area contributed by atoms with Crippen LogP contribution in [0.4, 0.5) is 0 Å². The molecule has 1 aromatic carbocycles. The van der Waals surface area contributed by atoms with Gasteiger partial charge in [-0.05, 0) is 59.6 Å². The molecule has 1 rings (SSSR count). The molecule has 0 heterocycles. The number of hydrogen-bond donors (Lipinski definition) is 0. The summed E-state index contributed by atoms with van der Waals surface area (Å²) in [5, 5.41) is 0. The van der Waals surface area contributed by atoms with Gasteiger partial charge in [-0.1, -0.05) is 0 Å². The summed E-state index contributed by atoms with van der Waals surface area (Å²) in [5.74, 6) is 4.43. The average molecular weight is 276 g/mol. The van der Waals surface area contributed by atoms with E-state index < -0.39 is 0 Å². The molecule has 3 nitrogen and oxygen atoms in total. The third-order valence-corrected chi connectivity index (χ3v) is 2.15. The molecule has 1 aromatic rings. The fourth-order valence-corrected chi connectivity index (χ4v) is 1.38. The van der Waals surface area contributed by atoms with Crippen LogP contribution in [0.5, 0.6) is 11.5 Å². The summed E-state index contributed by atoms with van der Waals surface area (Å²) in [6.07, 6.45) is 2.73. The molecule has 0 spiro atoms. The third-order valence-electron chi connectivity index (χ3n) is 2.15. The number of benzene rings is 1. The molecule has 0 saturated heterocycles.